The first-order valence-corrected chi connectivity index (χ1v) is 4.28. The summed E-state index contributed by atoms with van der Waals surface area (Å²) in [5.74, 6) is 0.432. The molecule has 13 heavy (non-hydrogen) atoms. The Bertz CT molecular complexity index is 301. The van der Waals surface area contributed by atoms with Crippen LogP contribution in [0, 0.1) is 12.0 Å². The fraction of sp³-hybridized carbons (Fsp3) is 0.300. The van der Waals surface area contributed by atoms with Gasteiger partial charge in [0.1, 0.15) is 6.04 Å². The van der Waals surface area contributed by atoms with Crippen LogP contribution in [0.25, 0.3) is 0 Å². The third-order valence-corrected chi connectivity index (χ3v) is 2.07. The minimum atomic E-state index is -0.0150. The van der Waals surface area contributed by atoms with E-state index in [1.165, 1.54) is 11.0 Å². The number of hydrogen-bond acceptors (Lipinski definition) is 2. The number of nitrogens with zero attached hydrogens (tertiary/aromatic N) is 1. The molecule has 3 nitrogen and oxygen atoms in total. The summed E-state index contributed by atoms with van der Waals surface area (Å²) in [5, 5.41) is 0. The van der Waals surface area contributed by atoms with E-state index in [1.807, 2.05) is 12.2 Å². The van der Waals surface area contributed by atoms with Crippen molar-refractivity contribution in [1.82, 2.24) is 0 Å². The smallest absolute Gasteiger partial charge is 0.367 e. The van der Waals surface area contributed by atoms with E-state index in [4.69, 9.17) is 4.74 Å². The van der Waals surface area contributed by atoms with Crippen LogP contribution >= 0.6 is 0 Å². The monoisotopic (exact) mass is 177 g/mol. The van der Waals surface area contributed by atoms with Crippen molar-refractivity contribution in [3.05, 3.63) is 30.3 Å². The van der Waals surface area contributed by atoms with Gasteiger partial charge in [-0.2, -0.15) is 4.58 Å². The Morgan fingerprint density at radius 1 is 1.54 bits per heavy atom. The van der Waals surface area contributed by atoms with Gasteiger partial charge in [-0.3, -0.25) is 4.79 Å². The topological polar surface area (TPSA) is 29.3 Å². The molecule has 2 aliphatic rings. The highest BCUT2D eigenvalue weighted by atomic mass is 16.5. The normalized spacial score (nSPS) is 22.1. The fourth-order valence-corrected chi connectivity index (χ4v) is 1.30. The highest BCUT2D eigenvalue weighted by Crippen LogP contribution is 2.17. The summed E-state index contributed by atoms with van der Waals surface area (Å²) in [6.45, 7) is 2.25. The van der Waals surface area contributed by atoms with Gasteiger partial charge in [-0.05, 0) is 0 Å². The first-order chi connectivity index (χ1) is 6.27. The Morgan fingerprint density at radius 3 is 2.77 bits per heavy atom. The van der Waals surface area contributed by atoms with Gasteiger partial charge in [0.2, 0.25) is 0 Å². The quantitative estimate of drug-likeness (QED) is 0.439. The highest BCUT2D eigenvalue weighted by Gasteiger charge is 2.25. The molecule has 0 aromatic heterocycles. The van der Waals surface area contributed by atoms with Crippen LogP contribution in [0.4, 0.5) is 0 Å². The molecule has 0 spiro atoms. The summed E-state index contributed by atoms with van der Waals surface area (Å²) in [4.78, 5) is 11.2. The molecule has 0 saturated heterocycles. The lowest BCUT2D eigenvalue weighted by molar-refractivity contribution is -0.411. The highest BCUT2D eigenvalue weighted by molar-refractivity contribution is 5.77. The molecule has 0 atom stereocenters. The third kappa shape index (κ3) is 1.49. The summed E-state index contributed by atoms with van der Waals surface area (Å²) in [5.41, 5.74) is 0. The second kappa shape index (κ2) is 3.09. The number of amides is 1. The SMILES string of the molecule is CC1C=C[C-]([N+]2=COCC2=O)C=C1. The van der Waals surface area contributed by atoms with E-state index < -0.39 is 0 Å². The summed E-state index contributed by atoms with van der Waals surface area (Å²) in [6, 6.07) is 0.876. The predicted octanol–water partition coefficient (Wildman–Crippen LogP) is 0.878. The van der Waals surface area contributed by atoms with Gasteiger partial charge in [0.15, 0.2) is 6.61 Å². The Labute approximate surface area is 77.0 Å². The molecule has 68 valence electrons. The molecule has 0 aromatic carbocycles. The maximum atomic E-state index is 11.2. The number of ether oxygens (including phenoxy) is 1. The Morgan fingerprint density at radius 2 is 2.23 bits per heavy atom. The first kappa shape index (κ1) is 8.10. The summed E-state index contributed by atoms with van der Waals surface area (Å²) in [7, 11) is 0. The lowest BCUT2D eigenvalue weighted by Gasteiger charge is -2.13. The molecule has 0 bridgehead atoms. The maximum absolute atomic E-state index is 11.2. The third-order valence-electron chi connectivity index (χ3n) is 2.07. The number of carbonyl (C=O) groups excluding carboxylic acids is 1. The summed E-state index contributed by atoms with van der Waals surface area (Å²) >= 11 is 0. The average Bonchev–Trinajstić information content (AvgIpc) is 2.53. The minimum Gasteiger partial charge on any atom is -0.477 e. The van der Waals surface area contributed by atoms with Gasteiger partial charge in [0, 0.05) is 0 Å². The lowest BCUT2D eigenvalue weighted by atomic mass is 10.0. The molecule has 0 radical (unpaired) electrons. The molecular formula is C10H11NO2. The van der Waals surface area contributed by atoms with Gasteiger partial charge in [0.25, 0.3) is 6.40 Å². The van der Waals surface area contributed by atoms with E-state index in [0.29, 0.717) is 5.92 Å². The van der Waals surface area contributed by atoms with Gasteiger partial charge in [-0.25, -0.2) is 0 Å². The molecule has 2 rings (SSSR count). The molecule has 3 heteroatoms. The standard InChI is InChI=1S/C10H11NO2/c1-8-2-4-9(5-3-8)11-7-13-6-10(11)12/h2-5,7-8H,6H2,1H3. The van der Waals surface area contributed by atoms with E-state index in [9.17, 15) is 4.79 Å². The van der Waals surface area contributed by atoms with Crippen LogP contribution in [0.2, 0.25) is 0 Å². The molecule has 1 aliphatic carbocycles. The van der Waals surface area contributed by atoms with E-state index in [0.717, 1.165) is 6.04 Å². The van der Waals surface area contributed by atoms with Gasteiger partial charge >= 0.3 is 5.91 Å². The van der Waals surface area contributed by atoms with Crippen LogP contribution in [0.3, 0.4) is 0 Å². The van der Waals surface area contributed by atoms with E-state index in [2.05, 4.69) is 19.1 Å². The average molecular weight is 177 g/mol. The molecule has 0 fully saturated rings. The Balaban J connectivity index is 2.15. The van der Waals surface area contributed by atoms with Gasteiger partial charge in [-0.1, -0.05) is 25.0 Å². The zero-order chi connectivity index (χ0) is 9.26. The second-order valence-electron chi connectivity index (χ2n) is 3.18. The van der Waals surface area contributed by atoms with Crippen molar-refractivity contribution < 1.29 is 14.1 Å². The molecule has 1 aliphatic heterocycles. The van der Waals surface area contributed by atoms with Crippen molar-refractivity contribution >= 4 is 12.3 Å². The molecule has 0 N–H and O–H groups in total. The molecule has 0 saturated carbocycles. The largest absolute Gasteiger partial charge is 0.477 e. The number of rotatable bonds is 1. The summed E-state index contributed by atoms with van der Waals surface area (Å²) < 4.78 is 6.44. The minimum absolute atomic E-state index is 0.0150. The van der Waals surface area contributed by atoms with Gasteiger partial charge < -0.3 is 4.74 Å². The zero-order valence-corrected chi connectivity index (χ0v) is 7.43. The van der Waals surface area contributed by atoms with E-state index in [-0.39, 0.29) is 12.5 Å². The lowest BCUT2D eigenvalue weighted by Crippen LogP contribution is -2.21. The number of allylic oxidation sites excluding steroid dienone is 2. The molecule has 1 amide bonds. The first-order valence-electron chi connectivity index (χ1n) is 4.28. The predicted molar refractivity (Wildman–Crippen MR) is 48.0 cm³/mol. The Kier molecular flexibility index (Phi) is 1.93. The van der Waals surface area contributed by atoms with Crippen molar-refractivity contribution in [3.63, 3.8) is 0 Å². The van der Waals surface area contributed by atoms with Crippen LogP contribution in [0.1, 0.15) is 6.92 Å². The molecule has 0 aromatic rings. The second-order valence-corrected chi connectivity index (χ2v) is 3.18. The van der Waals surface area contributed by atoms with Crippen LogP contribution in [0.5, 0.6) is 0 Å². The van der Waals surface area contributed by atoms with Crippen LogP contribution in [-0.2, 0) is 9.53 Å². The van der Waals surface area contributed by atoms with E-state index >= 15 is 0 Å². The van der Waals surface area contributed by atoms with Crippen molar-refractivity contribution in [1.29, 1.82) is 0 Å². The van der Waals surface area contributed by atoms with Crippen LogP contribution < -0.4 is 0 Å². The fourth-order valence-electron chi connectivity index (χ4n) is 1.30. The molecule has 1 heterocycles. The van der Waals surface area contributed by atoms with Crippen molar-refractivity contribution in [2.24, 2.45) is 5.92 Å². The van der Waals surface area contributed by atoms with E-state index in [1.54, 1.807) is 0 Å². The zero-order valence-electron chi connectivity index (χ0n) is 7.43. The van der Waals surface area contributed by atoms with Gasteiger partial charge in [-0.15, -0.1) is 12.2 Å². The van der Waals surface area contributed by atoms with Crippen molar-refractivity contribution in [3.8, 4) is 0 Å². The van der Waals surface area contributed by atoms with Crippen LogP contribution in [-0.4, -0.2) is 23.5 Å². The van der Waals surface area contributed by atoms with Crippen molar-refractivity contribution in [2.45, 2.75) is 6.92 Å². The summed E-state index contributed by atoms with van der Waals surface area (Å²) in [6.07, 6.45) is 9.44. The van der Waals surface area contributed by atoms with Crippen LogP contribution in [0.15, 0.2) is 24.3 Å². The van der Waals surface area contributed by atoms with Gasteiger partial charge in [0.05, 0.1) is 0 Å². The maximum Gasteiger partial charge on any atom is 0.367 e. The number of carbonyl (C=O) groups is 1. The number of hydrogen-bond donors (Lipinski definition) is 0. The molecular weight excluding hydrogens is 166 g/mol. The van der Waals surface area contributed by atoms with Crippen molar-refractivity contribution in [2.75, 3.05) is 6.61 Å². The molecule has 0 unspecified atom stereocenters. The Hall–Kier alpha value is -1.51.